The molecule has 1 heterocycles. The first-order valence-electron chi connectivity index (χ1n) is 4.34. The maximum absolute atomic E-state index is 11.0. The molecule has 0 aliphatic rings. The van der Waals surface area contributed by atoms with Crippen molar-refractivity contribution in [3.8, 4) is 11.1 Å². The topological polar surface area (TPSA) is 76.5 Å². The van der Waals surface area contributed by atoms with Crippen LogP contribution in [0.3, 0.4) is 0 Å². The number of hydrogen-bond acceptors (Lipinski definition) is 3. The lowest BCUT2D eigenvalue weighted by Gasteiger charge is -2.06. The number of anilines is 1. The monoisotopic (exact) mass is 203 g/mol. The van der Waals surface area contributed by atoms with Crippen LogP contribution in [-0.2, 0) is 0 Å². The second-order valence-electron chi connectivity index (χ2n) is 3.09. The van der Waals surface area contributed by atoms with E-state index in [1.165, 1.54) is 18.6 Å². The summed E-state index contributed by atoms with van der Waals surface area (Å²) in [6.07, 6.45) is 2.95. The van der Waals surface area contributed by atoms with Gasteiger partial charge in [0.05, 0.1) is 18.1 Å². The molecule has 0 saturated carbocycles. The molecule has 0 aliphatic carbocycles. The summed E-state index contributed by atoms with van der Waals surface area (Å²) in [7, 11) is 0. The second-order valence-corrected chi connectivity index (χ2v) is 3.09. The Morgan fingerprint density at radius 1 is 1.33 bits per heavy atom. The van der Waals surface area contributed by atoms with E-state index in [-0.39, 0.29) is 5.56 Å². The molecule has 2 aromatic rings. The van der Waals surface area contributed by atoms with Crippen LogP contribution in [0.15, 0.2) is 41.2 Å². The van der Waals surface area contributed by atoms with E-state index in [1.807, 2.05) is 0 Å². The van der Waals surface area contributed by atoms with Crippen LogP contribution in [0.2, 0.25) is 0 Å². The summed E-state index contributed by atoms with van der Waals surface area (Å²) < 4.78 is 4.91. The fourth-order valence-electron chi connectivity index (χ4n) is 1.48. The molecule has 0 radical (unpaired) electrons. The Bertz CT molecular complexity index is 489. The maximum Gasteiger partial charge on any atom is 0.336 e. The number of nitrogen functional groups attached to an aromatic ring is 1. The van der Waals surface area contributed by atoms with Crippen LogP contribution in [0, 0.1) is 0 Å². The number of carboxylic acid groups (broad SMARTS) is 1. The molecule has 0 atom stereocenters. The molecule has 4 heteroatoms. The molecule has 1 aromatic carbocycles. The van der Waals surface area contributed by atoms with Gasteiger partial charge in [-0.2, -0.15) is 0 Å². The lowest BCUT2D eigenvalue weighted by atomic mass is 10.0. The Balaban J connectivity index is 2.68. The van der Waals surface area contributed by atoms with Crippen LogP contribution in [0.4, 0.5) is 5.69 Å². The van der Waals surface area contributed by atoms with Crippen molar-refractivity contribution in [2.75, 3.05) is 5.73 Å². The summed E-state index contributed by atoms with van der Waals surface area (Å²) in [6, 6.07) is 6.47. The Kier molecular flexibility index (Phi) is 2.17. The van der Waals surface area contributed by atoms with E-state index in [2.05, 4.69) is 0 Å². The highest BCUT2D eigenvalue weighted by atomic mass is 16.4. The van der Waals surface area contributed by atoms with Gasteiger partial charge in [0.15, 0.2) is 0 Å². The first kappa shape index (κ1) is 9.33. The average molecular weight is 203 g/mol. The van der Waals surface area contributed by atoms with Gasteiger partial charge in [0, 0.05) is 16.8 Å². The van der Waals surface area contributed by atoms with Crippen molar-refractivity contribution >= 4 is 11.7 Å². The van der Waals surface area contributed by atoms with E-state index in [0.29, 0.717) is 16.8 Å². The van der Waals surface area contributed by atoms with E-state index in [1.54, 1.807) is 18.2 Å². The van der Waals surface area contributed by atoms with Gasteiger partial charge in [-0.15, -0.1) is 0 Å². The summed E-state index contributed by atoms with van der Waals surface area (Å²) in [4.78, 5) is 11.0. The molecule has 0 spiro atoms. The normalized spacial score (nSPS) is 10.1. The van der Waals surface area contributed by atoms with Gasteiger partial charge in [-0.25, -0.2) is 4.79 Å². The zero-order chi connectivity index (χ0) is 10.8. The standard InChI is InChI=1S/C11H9NO3/c12-9-3-1-2-8(11(13)14)10(9)7-4-5-15-6-7/h1-6H,12H2,(H,13,14). The molecular formula is C11H9NO3. The Morgan fingerprint density at radius 3 is 2.73 bits per heavy atom. The van der Waals surface area contributed by atoms with Gasteiger partial charge in [-0.05, 0) is 18.2 Å². The second kappa shape index (κ2) is 3.49. The first-order chi connectivity index (χ1) is 7.20. The zero-order valence-electron chi connectivity index (χ0n) is 7.81. The van der Waals surface area contributed by atoms with Crippen molar-refractivity contribution in [3.63, 3.8) is 0 Å². The summed E-state index contributed by atoms with van der Waals surface area (Å²) in [5, 5.41) is 9.00. The lowest BCUT2D eigenvalue weighted by Crippen LogP contribution is -2.02. The minimum absolute atomic E-state index is 0.177. The molecule has 15 heavy (non-hydrogen) atoms. The van der Waals surface area contributed by atoms with Crippen LogP contribution in [-0.4, -0.2) is 11.1 Å². The minimum atomic E-state index is -1.00. The van der Waals surface area contributed by atoms with Gasteiger partial charge in [0.1, 0.15) is 0 Å². The number of aromatic carboxylic acids is 1. The number of benzene rings is 1. The number of hydrogen-bond donors (Lipinski definition) is 2. The van der Waals surface area contributed by atoms with Crippen LogP contribution < -0.4 is 5.73 Å². The number of carboxylic acids is 1. The highest BCUT2D eigenvalue weighted by molar-refractivity contribution is 5.99. The molecule has 4 nitrogen and oxygen atoms in total. The molecule has 2 rings (SSSR count). The predicted molar refractivity (Wildman–Crippen MR) is 55.5 cm³/mol. The van der Waals surface area contributed by atoms with Crippen molar-refractivity contribution in [2.45, 2.75) is 0 Å². The van der Waals surface area contributed by atoms with Crippen LogP contribution in [0.1, 0.15) is 10.4 Å². The number of furan rings is 1. The molecule has 76 valence electrons. The summed E-state index contributed by atoms with van der Waals surface area (Å²) in [5.74, 6) is -1.00. The van der Waals surface area contributed by atoms with Crippen LogP contribution in [0.5, 0.6) is 0 Å². The zero-order valence-corrected chi connectivity index (χ0v) is 7.81. The number of nitrogens with two attached hydrogens (primary N) is 1. The van der Waals surface area contributed by atoms with Gasteiger partial charge in [-0.3, -0.25) is 0 Å². The Hall–Kier alpha value is -2.23. The highest BCUT2D eigenvalue weighted by Crippen LogP contribution is 2.29. The Morgan fingerprint density at radius 2 is 2.13 bits per heavy atom. The molecule has 0 saturated heterocycles. The number of carbonyl (C=O) groups is 1. The summed E-state index contributed by atoms with van der Waals surface area (Å²) in [5.41, 5.74) is 7.52. The smallest absolute Gasteiger partial charge is 0.336 e. The molecule has 0 bridgehead atoms. The first-order valence-corrected chi connectivity index (χ1v) is 4.34. The van der Waals surface area contributed by atoms with Gasteiger partial charge in [0.2, 0.25) is 0 Å². The van der Waals surface area contributed by atoms with Crippen molar-refractivity contribution in [3.05, 3.63) is 42.4 Å². The lowest BCUT2D eigenvalue weighted by molar-refractivity contribution is 0.0698. The fraction of sp³-hybridized carbons (Fsp3) is 0. The van der Waals surface area contributed by atoms with Gasteiger partial charge in [0.25, 0.3) is 0 Å². The van der Waals surface area contributed by atoms with E-state index in [9.17, 15) is 4.79 Å². The molecule has 0 unspecified atom stereocenters. The average Bonchev–Trinajstić information content (AvgIpc) is 2.70. The predicted octanol–water partition coefficient (Wildman–Crippen LogP) is 2.23. The highest BCUT2D eigenvalue weighted by Gasteiger charge is 2.14. The molecule has 0 aliphatic heterocycles. The SMILES string of the molecule is Nc1cccc(C(=O)O)c1-c1ccoc1. The fourth-order valence-corrected chi connectivity index (χ4v) is 1.48. The van der Waals surface area contributed by atoms with E-state index < -0.39 is 5.97 Å². The van der Waals surface area contributed by atoms with Crippen molar-refractivity contribution < 1.29 is 14.3 Å². The largest absolute Gasteiger partial charge is 0.478 e. The third kappa shape index (κ3) is 1.57. The van der Waals surface area contributed by atoms with Crippen molar-refractivity contribution in [2.24, 2.45) is 0 Å². The van der Waals surface area contributed by atoms with Crippen molar-refractivity contribution in [1.29, 1.82) is 0 Å². The Labute approximate surface area is 85.9 Å². The molecule has 1 aromatic heterocycles. The van der Waals surface area contributed by atoms with E-state index in [0.717, 1.165) is 0 Å². The molecular weight excluding hydrogens is 194 g/mol. The minimum Gasteiger partial charge on any atom is -0.478 e. The third-order valence-corrected chi connectivity index (χ3v) is 2.14. The summed E-state index contributed by atoms with van der Waals surface area (Å²) >= 11 is 0. The van der Waals surface area contributed by atoms with Crippen molar-refractivity contribution in [1.82, 2.24) is 0 Å². The molecule has 0 amide bonds. The molecule has 0 fully saturated rings. The van der Waals surface area contributed by atoms with E-state index in [4.69, 9.17) is 15.3 Å². The quantitative estimate of drug-likeness (QED) is 0.733. The van der Waals surface area contributed by atoms with Crippen LogP contribution in [0.25, 0.3) is 11.1 Å². The number of rotatable bonds is 2. The maximum atomic E-state index is 11.0. The molecule has 3 N–H and O–H groups in total. The van der Waals surface area contributed by atoms with E-state index >= 15 is 0 Å². The van der Waals surface area contributed by atoms with Gasteiger partial charge < -0.3 is 15.3 Å². The summed E-state index contributed by atoms with van der Waals surface area (Å²) in [6.45, 7) is 0. The van der Waals surface area contributed by atoms with Crippen LogP contribution >= 0.6 is 0 Å². The third-order valence-electron chi connectivity index (χ3n) is 2.14. The van der Waals surface area contributed by atoms with Gasteiger partial charge in [-0.1, -0.05) is 6.07 Å². The van der Waals surface area contributed by atoms with Gasteiger partial charge >= 0.3 is 5.97 Å².